The van der Waals surface area contributed by atoms with Gasteiger partial charge in [0.25, 0.3) is 0 Å². The van der Waals surface area contributed by atoms with Crippen LogP contribution >= 0.6 is 11.5 Å². The molecule has 1 rings (SSSR count). The summed E-state index contributed by atoms with van der Waals surface area (Å²) in [6.07, 6.45) is 1.16. The summed E-state index contributed by atoms with van der Waals surface area (Å²) in [7, 11) is 0. The lowest BCUT2D eigenvalue weighted by Gasteiger charge is -2.10. The fourth-order valence-corrected chi connectivity index (χ4v) is 1.75. The van der Waals surface area contributed by atoms with Crippen LogP contribution < -0.4 is 5.32 Å². The van der Waals surface area contributed by atoms with Crippen molar-refractivity contribution in [1.82, 2.24) is 14.9 Å². The highest BCUT2D eigenvalue weighted by molar-refractivity contribution is 7.05. The molecule has 0 aliphatic carbocycles. The lowest BCUT2D eigenvalue weighted by molar-refractivity contribution is 0.575. The second kappa shape index (κ2) is 4.52. The Morgan fingerprint density at radius 2 is 2.33 bits per heavy atom. The molecule has 12 heavy (non-hydrogen) atoms. The first-order valence-electron chi connectivity index (χ1n) is 4.28. The Morgan fingerprint density at radius 3 is 2.83 bits per heavy atom. The number of hydrogen-bond donors (Lipinski definition) is 1. The highest BCUT2D eigenvalue weighted by Gasteiger charge is 2.10. The van der Waals surface area contributed by atoms with Gasteiger partial charge in [0, 0.05) is 6.04 Å². The number of nitrogens with one attached hydrogen (secondary N) is 1. The lowest BCUT2D eigenvalue weighted by Crippen LogP contribution is -2.18. The van der Waals surface area contributed by atoms with E-state index in [0.717, 1.165) is 18.7 Å². The number of nitrogens with zero attached hydrogens (tertiary/aromatic N) is 2. The molecule has 1 N–H and O–H groups in total. The van der Waals surface area contributed by atoms with Crippen molar-refractivity contribution in [3.63, 3.8) is 0 Å². The van der Waals surface area contributed by atoms with Crippen LogP contribution in [0.2, 0.25) is 0 Å². The average molecular weight is 185 g/mol. The maximum absolute atomic E-state index is 3.97. The summed E-state index contributed by atoms with van der Waals surface area (Å²) in [5.41, 5.74) is 1.05. The van der Waals surface area contributed by atoms with Gasteiger partial charge in [-0.15, -0.1) is 5.10 Å². The minimum absolute atomic E-state index is 0.393. The zero-order chi connectivity index (χ0) is 8.97. The third-order valence-corrected chi connectivity index (χ3v) is 2.79. The molecule has 0 aliphatic rings. The van der Waals surface area contributed by atoms with Crippen LogP contribution in [0.3, 0.4) is 0 Å². The van der Waals surface area contributed by atoms with Gasteiger partial charge in [-0.1, -0.05) is 11.4 Å². The maximum atomic E-state index is 3.97. The number of aryl methyl sites for hydroxylation is 1. The van der Waals surface area contributed by atoms with Crippen molar-refractivity contribution in [1.29, 1.82) is 0 Å². The molecule has 4 heteroatoms. The van der Waals surface area contributed by atoms with Gasteiger partial charge in [0.1, 0.15) is 0 Å². The van der Waals surface area contributed by atoms with E-state index in [4.69, 9.17) is 0 Å². The van der Waals surface area contributed by atoms with Crippen LogP contribution in [-0.2, 0) is 0 Å². The summed E-state index contributed by atoms with van der Waals surface area (Å²) in [5, 5.41) is 7.38. The van der Waals surface area contributed by atoms with E-state index in [0.29, 0.717) is 6.04 Å². The van der Waals surface area contributed by atoms with E-state index in [9.17, 15) is 0 Å². The van der Waals surface area contributed by atoms with Gasteiger partial charge in [-0.2, -0.15) is 0 Å². The third kappa shape index (κ3) is 2.25. The lowest BCUT2D eigenvalue weighted by atomic mass is 10.2. The van der Waals surface area contributed by atoms with Crippen LogP contribution in [0.5, 0.6) is 0 Å². The van der Waals surface area contributed by atoms with Gasteiger partial charge in [-0.25, -0.2) is 0 Å². The molecule has 1 aromatic rings. The SMILES string of the molecule is CCCNC(C)c1snnc1C. The van der Waals surface area contributed by atoms with E-state index in [1.807, 2.05) is 6.92 Å². The molecule has 1 unspecified atom stereocenters. The smallest absolute Gasteiger partial charge is 0.0772 e. The summed E-state index contributed by atoms with van der Waals surface area (Å²) in [5.74, 6) is 0. The summed E-state index contributed by atoms with van der Waals surface area (Å²) in [4.78, 5) is 1.25. The monoisotopic (exact) mass is 185 g/mol. The third-order valence-electron chi connectivity index (χ3n) is 1.78. The second-order valence-electron chi connectivity index (χ2n) is 2.90. The van der Waals surface area contributed by atoms with E-state index in [2.05, 4.69) is 28.8 Å². The quantitative estimate of drug-likeness (QED) is 0.778. The molecule has 0 spiro atoms. The van der Waals surface area contributed by atoms with E-state index in [1.165, 1.54) is 16.4 Å². The standard InChI is InChI=1S/C8H15N3S/c1-4-5-9-6(2)8-7(3)10-11-12-8/h6,9H,4-5H2,1-3H3. The van der Waals surface area contributed by atoms with E-state index < -0.39 is 0 Å². The highest BCUT2D eigenvalue weighted by Crippen LogP contribution is 2.18. The Labute approximate surface area is 77.4 Å². The predicted octanol–water partition coefficient (Wildman–Crippen LogP) is 1.91. The van der Waals surface area contributed by atoms with Crippen molar-refractivity contribution in [2.24, 2.45) is 0 Å². The molecule has 1 aromatic heterocycles. The van der Waals surface area contributed by atoms with Gasteiger partial charge < -0.3 is 5.32 Å². The Hall–Kier alpha value is -0.480. The Bertz CT molecular complexity index is 234. The van der Waals surface area contributed by atoms with Gasteiger partial charge in [-0.05, 0) is 38.3 Å². The van der Waals surface area contributed by atoms with Crippen molar-refractivity contribution in [3.05, 3.63) is 10.6 Å². The zero-order valence-electron chi connectivity index (χ0n) is 7.79. The molecule has 3 nitrogen and oxygen atoms in total. The van der Waals surface area contributed by atoms with Gasteiger partial charge in [0.15, 0.2) is 0 Å². The first-order valence-corrected chi connectivity index (χ1v) is 5.05. The number of hydrogen-bond acceptors (Lipinski definition) is 4. The van der Waals surface area contributed by atoms with Crippen molar-refractivity contribution in [2.45, 2.75) is 33.2 Å². The largest absolute Gasteiger partial charge is 0.309 e. The van der Waals surface area contributed by atoms with E-state index in [1.54, 1.807) is 0 Å². The molecule has 0 fully saturated rings. The maximum Gasteiger partial charge on any atom is 0.0772 e. The van der Waals surface area contributed by atoms with E-state index >= 15 is 0 Å². The second-order valence-corrected chi connectivity index (χ2v) is 3.68. The molecular formula is C8H15N3S. The van der Waals surface area contributed by atoms with Crippen molar-refractivity contribution in [3.8, 4) is 0 Å². The molecule has 0 aromatic carbocycles. The summed E-state index contributed by atoms with van der Waals surface area (Å²) < 4.78 is 3.90. The minimum Gasteiger partial charge on any atom is -0.309 e. The number of aromatic nitrogens is 2. The van der Waals surface area contributed by atoms with Crippen molar-refractivity contribution in [2.75, 3.05) is 6.54 Å². The molecule has 1 atom stereocenters. The molecule has 0 saturated carbocycles. The van der Waals surface area contributed by atoms with Gasteiger partial charge >= 0.3 is 0 Å². The van der Waals surface area contributed by atoms with Gasteiger partial charge in [0.2, 0.25) is 0 Å². The first kappa shape index (κ1) is 9.61. The molecule has 68 valence electrons. The van der Waals surface area contributed by atoms with Gasteiger partial charge in [-0.3, -0.25) is 0 Å². The Kier molecular flexibility index (Phi) is 3.62. The van der Waals surface area contributed by atoms with Crippen LogP contribution in [0, 0.1) is 6.92 Å². The molecule has 0 saturated heterocycles. The molecule has 0 bridgehead atoms. The molecule has 0 radical (unpaired) electrons. The summed E-state index contributed by atoms with van der Waals surface area (Å²) in [6.45, 7) is 7.37. The predicted molar refractivity (Wildman–Crippen MR) is 51.4 cm³/mol. The highest BCUT2D eigenvalue weighted by atomic mass is 32.1. The van der Waals surface area contributed by atoms with Crippen LogP contribution in [0.1, 0.15) is 36.9 Å². The van der Waals surface area contributed by atoms with E-state index in [-0.39, 0.29) is 0 Å². The Balaban J connectivity index is 2.52. The minimum atomic E-state index is 0.393. The molecule has 0 amide bonds. The summed E-state index contributed by atoms with van der Waals surface area (Å²) in [6, 6.07) is 0.393. The van der Waals surface area contributed by atoms with Gasteiger partial charge in [0.05, 0.1) is 10.6 Å². The van der Waals surface area contributed by atoms with Crippen LogP contribution in [0.15, 0.2) is 0 Å². The average Bonchev–Trinajstić information content (AvgIpc) is 2.47. The molecule has 0 aliphatic heterocycles. The van der Waals surface area contributed by atoms with Crippen LogP contribution in [0.4, 0.5) is 0 Å². The zero-order valence-corrected chi connectivity index (χ0v) is 8.61. The van der Waals surface area contributed by atoms with Crippen LogP contribution in [0.25, 0.3) is 0 Å². The summed E-state index contributed by atoms with van der Waals surface area (Å²) >= 11 is 1.48. The Morgan fingerprint density at radius 1 is 1.58 bits per heavy atom. The van der Waals surface area contributed by atoms with Crippen LogP contribution in [-0.4, -0.2) is 16.1 Å². The molecule has 1 heterocycles. The van der Waals surface area contributed by atoms with Crippen molar-refractivity contribution >= 4 is 11.5 Å². The number of rotatable bonds is 4. The molecular weight excluding hydrogens is 170 g/mol. The van der Waals surface area contributed by atoms with Crippen molar-refractivity contribution < 1.29 is 0 Å². The first-order chi connectivity index (χ1) is 5.75. The fraction of sp³-hybridized carbons (Fsp3) is 0.750. The fourth-order valence-electron chi connectivity index (χ4n) is 1.09. The topological polar surface area (TPSA) is 37.8 Å². The normalized spacial score (nSPS) is 13.2.